The average molecular weight is 267 g/mol. The van der Waals surface area contributed by atoms with E-state index in [1.165, 1.54) is 0 Å². The molecule has 0 spiro atoms. The molecule has 0 bridgehead atoms. The molecule has 0 atom stereocenters. The molecule has 1 aromatic heterocycles. The summed E-state index contributed by atoms with van der Waals surface area (Å²) in [7, 11) is 0. The first-order valence-electron chi connectivity index (χ1n) is 5.97. The highest BCUT2D eigenvalue weighted by Crippen LogP contribution is 2.17. The summed E-state index contributed by atoms with van der Waals surface area (Å²) in [5.41, 5.74) is 1.39. The van der Waals surface area contributed by atoms with E-state index in [0.29, 0.717) is 23.7 Å². The van der Waals surface area contributed by atoms with Crippen molar-refractivity contribution in [1.29, 1.82) is 0 Å². The Labute approximate surface area is 110 Å². The molecular weight excluding hydrogens is 252 g/mol. The number of carbonyl (C=O) groups excluding carboxylic acids is 1. The molecule has 0 aliphatic carbocycles. The maximum absolute atomic E-state index is 11.7. The number of alkyl halides is 1. The summed E-state index contributed by atoms with van der Waals surface area (Å²) in [5.74, 6) is 0.590. The van der Waals surface area contributed by atoms with Crippen LogP contribution in [-0.2, 0) is 11.2 Å². The van der Waals surface area contributed by atoms with E-state index >= 15 is 0 Å². The number of rotatable bonds is 6. The van der Waals surface area contributed by atoms with Gasteiger partial charge in [0.25, 0.3) is 0 Å². The van der Waals surface area contributed by atoms with Crippen LogP contribution in [0.25, 0.3) is 11.0 Å². The van der Waals surface area contributed by atoms with Gasteiger partial charge in [-0.2, -0.15) is 0 Å². The summed E-state index contributed by atoms with van der Waals surface area (Å²) < 4.78 is 5.15. The van der Waals surface area contributed by atoms with E-state index in [-0.39, 0.29) is 12.3 Å². The van der Waals surface area contributed by atoms with Gasteiger partial charge in [-0.25, -0.2) is 0 Å². The van der Waals surface area contributed by atoms with Crippen molar-refractivity contribution < 1.29 is 9.32 Å². The molecule has 1 aromatic carbocycles. The van der Waals surface area contributed by atoms with E-state index in [1.54, 1.807) is 0 Å². The van der Waals surface area contributed by atoms with Gasteiger partial charge in [-0.1, -0.05) is 17.3 Å². The summed E-state index contributed by atoms with van der Waals surface area (Å²) >= 11 is 5.56. The molecule has 2 rings (SSSR count). The molecule has 1 N–H and O–H groups in total. The Morgan fingerprint density at radius 2 is 2.17 bits per heavy atom. The predicted octanol–water partition coefficient (Wildman–Crippen LogP) is 2.51. The topological polar surface area (TPSA) is 55.1 Å². The van der Waals surface area contributed by atoms with E-state index < -0.39 is 0 Å². The van der Waals surface area contributed by atoms with Crippen LogP contribution in [0.4, 0.5) is 0 Å². The molecule has 1 heterocycles. The van der Waals surface area contributed by atoms with Gasteiger partial charge in [0.15, 0.2) is 5.58 Å². The molecule has 0 aliphatic rings. The summed E-state index contributed by atoms with van der Waals surface area (Å²) in [6.45, 7) is 0.654. The van der Waals surface area contributed by atoms with Gasteiger partial charge >= 0.3 is 0 Å². The van der Waals surface area contributed by atoms with Crippen molar-refractivity contribution in [2.24, 2.45) is 0 Å². The van der Waals surface area contributed by atoms with E-state index in [4.69, 9.17) is 16.1 Å². The summed E-state index contributed by atoms with van der Waals surface area (Å²) in [4.78, 5) is 11.7. The van der Waals surface area contributed by atoms with Crippen molar-refractivity contribution in [2.45, 2.75) is 19.3 Å². The van der Waals surface area contributed by atoms with Crippen molar-refractivity contribution in [3.05, 3.63) is 30.0 Å². The van der Waals surface area contributed by atoms with E-state index in [1.807, 2.05) is 24.3 Å². The third kappa shape index (κ3) is 3.23. The number of fused-ring (bicyclic) bond motifs is 1. The fourth-order valence-corrected chi connectivity index (χ4v) is 1.92. The lowest BCUT2D eigenvalue weighted by Crippen LogP contribution is -2.26. The summed E-state index contributed by atoms with van der Waals surface area (Å²) in [5, 5.41) is 7.66. The van der Waals surface area contributed by atoms with E-state index in [9.17, 15) is 4.79 Å². The quantitative estimate of drug-likeness (QED) is 0.646. The van der Waals surface area contributed by atoms with Crippen molar-refractivity contribution in [2.75, 3.05) is 12.4 Å². The number of aromatic nitrogens is 1. The number of halogens is 1. The van der Waals surface area contributed by atoms with Crippen molar-refractivity contribution in [1.82, 2.24) is 10.5 Å². The zero-order chi connectivity index (χ0) is 12.8. The van der Waals surface area contributed by atoms with Crippen LogP contribution in [0.3, 0.4) is 0 Å². The molecule has 0 radical (unpaired) electrons. The smallest absolute Gasteiger partial charge is 0.226 e. The van der Waals surface area contributed by atoms with E-state index in [0.717, 1.165) is 18.2 Å². The van der Waals surface area contributed by atoms with Gasteiger partial charge in [0.2, 0.25) is 5.91 Å². The average Bonchev–Trinajstić information content (AvgIpc) is 2.78. The van der Waals surface area contributed by atoms with Crippen LogP contribution in [0, 0.1) is 0 Å². The number of hydrogen-bond donors (Lipinski definition) is 1. The van der Waals surface area contributed by atoms with Gasteiger partial charge in [0.1, 0.15) is 5.69 Å². The Morgan fingerprint density at radius 1 is 1.33 bits per heavy atom. The normalized spacial score (nSPS) is 10.7. The largest absolute Gasteiger partial charge is 0.356 e. The van der Waals surface area contributed by atoms with Crippen molar-refractivity contribution in [3.8, 4) is 0 Å². The number of benzene rings is 1. The van der Waals surface area contributed by atoms with Crippen LogP contribution in [0.5, 0.6) is 0 Å². The molecule has 96 valence electrons. The zero-order valence-corrected chi connectivity index (χ0v) is 10.7. The monoisotopic (exact) mass is 266 g/mol. The van der Waals surface area contributed by atoms with Crippen LogP contribution in [0.1, 0.15) is 18.5 Å². The Bertz CT molecular complexity index is 524. The minimum atomic E-state index is -0.0383. The lowest BCUT2D eigenvalue weighted by atomic mass is 10.1. The summed E-state index contributed by atoms with van der Waals surface area (Å²) in [6, 6.07) is 7.52. The number of hydrogen-bond acceptors (Lipinski definition) is 3. The van der Waals surface area contributed by atoms with Gasteiger partial charge in [0.05, 0.1) is 6.42 Å². The zero-order valence-electron chi connectivity index (χ0n) is 9.99. The number of carbonyl (C=O) groups is 1. The van der Waals surface area contributed by atoms with Crippen molar-refractivity contribution >= 4 is 28.5 Å². The first-order valence-corrected chi connectivity index (χ1v) is 6.50. The molecule has 0 unspecified atom stereocenters. The highest BCUT2D eigenvalue weighted by Gasteiger charge is 2.11. The van der Waals surface area contributed by atoms with E-state index in [2.05, 4.69) is 10.5 Å². The van der Waals surface area contributed by atoms with Gasteiger partial charge < -0.3 is 9.84 Å². The molecule has 0 fully saturated rings. The first-order chi connectivity index (χ1) is 8.81. The summed E-state index contributed by atoms with van der Waals surface area (Å²) in [6.07, 6.45) is 2.06. The first kappa shape index (κ1) is 12.9. The number of nitrogens with one attached hydrogen (secondary N) is 1. The Hall–Kier alpha value is -1.55. The maximum Gasteiger partial charge on any atom is 0.226 e. The van der Waals surface area contributed by atoms with Gasteiger partial charge in [0, 0.05) is 17.8 Å². The molecule has 0 saturated heterocycles. The van der Waals surface area contributed by atoms with Crippen LogP contribution < -0.4 is 5.32 Å². The molecule has 18 heavy (non-hydrogen) atoms. The van der Waals surface area contributed by atoms with Crippen LogP contribution >= 0.6 is 11.6 Å². The molecule has 5 heteroatoms. The molecule has 4 nitrogen and oxygen atoms in total. The number of para-hydroxylation sites is 1. The Kier molecular flexibility index (Phi) is 4.59. The van der Waals surface area contributed by atoms with Crippen molar-refractivity contribution in [3.63, 3.8) is 0 Å². The third-order valence-electron chi connectivity index (χ3n) is 2.66. The second-order valence-corrected chi connectivity index (χ2v) is 4.43. The molecule has 2 aromatic rings. The Balaban J connectivity index is 1.91. The molecule has 1 amide bonds. The minimum absolute atomic E-state index is 0.0383. The molecule has 0 saturated carbocycles. The fourth-order valence-electron chi connectivity index (χ4n) is 1.73. The number of amides is 1. The predicted molar refractivity (Wildman–Crippen MR) is 70.7 cm³/mol. The second-order valence-electron chi connectivity index (χ2n) is 4.05. The highest BCUT2D eigenvalue weighted by atomic mass is 35.5. The highest BCUT2D eigenvalue weighted by molar-refractivity contribution is 6.17. The molecular formula is C13H15ClN2O2. The van der Waals surface area contributed by atoms with Crippen LogP contribution in [0.2, 0.25) is 0 Å². The molecule has 0 aliphatic heterocycles. The minimum Gasteiger partial charge on any atom is -0.356 e. The van der Waals surface area contributed by atoms with Gasteiger partial charge in [-0.05, 0) is 25.0 Å². The van der Waals surface area contributed by atoms with Crippen LogP contribution in [0.15, 0.2) is 28.8 Å². The number of unbranched alkanes of at least 4 members (excludes halogenated alkanes) is 1. The standard InChI is InChI=1S/C13H15ClN2O2/c14-7-3-4-8-15-13(17)9-11-10-5-1-2-6-12(10)18-16-11/h1-2,5-6H,3-4,7-9H2,(H,15,17). The van der Waals surface area contributed by atoms with Gasteiger partial charge in [-0.3, -0.25) is 4.79 Å². The lowest BCUT2D eigenvalue weighted by molar-refractivity contribution is -0.120. The maximum atomic E-state index is 11.7. The number of nitrogens with zero attached hydrogens (tertiary/aromatic N) is 1. The second kappa shape index (κ2) is 6.40. The lowest BCUT2D eigenvalue weighted by Gasteiger charge is -2.02. The third-order valence-corrected chi connectivity index (χ3v) is 2.93. The SMILES string of the molecule is O=C(Cc1noc2ccccc12)NCCCCCl. The Morgan fingerprint density at radius 3 is 3.00 bits per heavy atom. The van der Waals surface area contributed by atoms with Crippen LogP contribution in [-0.4, -0.2) is 23.5 Å². The fraction of sp³-hybridized carbons (Fsp3) is 0.385. The van der Waals surface area contributed by atoms with Gasteiger partial charge in [-0.15, -0.1) is 11.6 Å².